The standard InChI is InChI=1S/C22H21F2N3O4/c1-12-19(13(2)27(3)26-12)20(28)21(29)25-15-7-10-18(31-22(23)24)17(11-15)14-5-8-16(30-4)9-6-14/h5-11,22H,1-4H3,(H,25,29). The molecule has 0 radical (unpaired) electrons. The largest absolute Gasteiger partial charge is 0.497 e. The molecule has 0 unspecified atom stereocenters. The zero-order chi connectivity index (χ0) is 22.7. The lowest BCUT2D eigenvalue weighted by molar-refractivity contribution is -0.112. The molecule has 0 spiro atoms. The number of carbonyl (C=O) groups is 2. The molecule has 1 amide bonds. The van der Waals surface area contributed by atoms with Gasteiger partial charge in [-0.05, 0) is 49.7 Å². The van der Waals surface area contributed by atoms with Gasteiger partial charge < -0.3 is 14.8 Å². The SMILES string of the molecule is COc1ccc(-c2cc(NC(=O)C(=O)c3c(C)nn(C)c3C)ccc2OC(F)F)cc1. The number of methoxy groups -OCH3 is 1. The summed E-state index contributed by atoms with van der Waals surface area (Å²) < 4.78 is 37.0. The molecule has 3 rings (SSSR count). The number of rotatable bonds is 7. The zero-order valence-electron chi connectivity index (χ0n) is 17.4. The van der Waals surface area contributed by atoms with Gasteiger partial charge in [0, 0.05) is 24.0 Å². The molecule has 9 heteroatoms. The van der Waals surface area contributed by atoms with Crippen molar-refractivity contribution in [2.75, 3.05) is 12.4 Å². The number of ketones is 1. The van der Waals surface area contributed by atoms with Crippen LogP contribution >= 0.6 is 0 Å². The van der Waals surface area contributed by atoms with Gasteiger partial charge >= 0.3 is 6.61 Å². The van der Waals surface area contributed by atoms with Crippen molar-refractivity contribution in [1.82, 2.24) is 9.78 Å². The molecule has 31 heavy (non-hydrogen) atoms. The number of nitrogens with one attached hydrogen (secondary N) is 1. The Morgan fingerprint density at radius 3 is 2.32 bits per heavy atom. The van der Waals surface area contributed by atoms with Crippen LogP contribution in [0.2, 0.25) is 0 Å². The number of hydrogen-bond donors (Lipinski definition) is 1. The summed E-state index contributed by atoms with van der Waals surface area (Å²) in [6, 6.07) is 10.9. The first-order chi connectivity index (χ1) is 14.7. The molecule has 0 fully saturated rings. The molecule has 162 valence electrons. The van der Waals surface area contributed by atoms with E-state index in [4.69, 9.17) is 4.74 Å². The minimum atomic E-state index is -3.02. The molecule has 1 N–H and O–H groups in total. The van der Waals surface area contributed by atoms with Crippen molar-refractivity contribution in [2.45, 2.75) is 20.5 Å². The predicted molar refractivity (Wildman–Crippen MR) is 111 cm³/mol. The van der Waals surface area contributed by atoms with Gasteiger partial charge in [-0.15, -0.1) is 0 Å². The molecular formula is C22H21F2N3O4. The van der Waals surface area contributed by atoms with E-state index in [-0.39, 0.29) is 17.0 Å². The molecule has 7 nitrogen and oxygen atoms in total. The van der Waals surface area contributed by atoms with Gasteiger partial charge in [-0.2, -0.15) is 13.9 Å². The fraction of sp³-hybridized carbons (Fsp3) is 0.227. The summed E-state index contributed by atoms with van der Waals surface area (Å²) in [4.78, 5) is 25.2. The van der Waals surface area contributed by atoms with E-state index in [2.05, 4.69) is 15.2 Å². The van der Waals surface area contributed by atoms with Crippen molar-refractivity contribution < 1.29 is 27.8 Å². The number of Topliss-reactive ketones (excluding diaryl/α,β-unsaturated/α-hetero) is 1. The summed E-state index contributed by atoms with van der Waals surface area (Å²) >= 11 is 0. The highest BCUT2D eigenvalue weighted by Crippen LogP contribution is 2.34. The second kappa shape index (κ2) is 8.95. The Kier molecular flexibility index (Phi) is 6.33. The number of nitrogens with zero attached hydrogens (tertiary/aromatic N) is 2. The van der Waals surface area contributed by atoms with E-state index in [9.17, 15) is 18.4 Å². The summed E-state index contributed by atoms with van der Waals surface area (Å²) in [6.07, 6.45) is 0. The molecule has 0 aliphatic heterocycles. The number of carbonyl (C=O) groups excluding carboxylic acids is 2. The molecule has 3 aromatic rings. The number of ether oxygens (including phenoxy) is 2. The van der Waals surface area contributed by atoms with Crippen LogP contribution in [-0.2, 0) is 11.8 Å². The van der Waals surface area contributed by atoms with Gasteiger partial charge in [0.1, 0.15) is 11.5 Å². The lowest BCUT2D eigenvalue weighted by atomic mass is 10.0. The Bertz CT molecular complexity index is 1120. The second-order valence-corrected chi connectivity index (χ2v) is 6.77. The van der Waals surface area contributed by atoms with Crippen molar-refractivity contribution in [2.24, 2.45) is 7.05 Å². The van der Waals surface area contributed by atoms with Crippen LogP contribution in [0.15, 0.2) is 42.5 Å². The average Bonchev–Trinajstić information content (AvgIpc) is 2.99. The van der Waals surface area contributed by atoms with Gasteiger partial charge in [-0.3, -0.25) is 14.3 Å². The van der Waals surface area contributed by atoms with E-state index < -0.39 is 18.3 Å². The van der Waals surface area contributed by atoms with Gasteiger partial charge in [0.2, 0.25) is 0 Å². The normalized spacial score (nSPS) is 10.8. The Labute approximate surface area is 177 Å². The van der Waals surface area contributed by atoms with Crippen LogP contribution in [0.3, 0.4) is 0 Å². The number of hydrogen-bond acceptors (Lipinski definition) is 5. The van der Waals surface area contributed by atoms with E-state index in [1.165, 1.54) is 30.0 Å². The van der Waals surface area contributed by atoms with E-state index in [0.29, 0.717) is 28.3 Å². The molecule has 1 aromatic heterocycles. The maximum Gasteiger partial charge on any atom is 0.387 e. The third kappa shape index (κ3) is 4.71. The molecule has 0 saturated carbocycles. The van der Waals surface area contributed by atoms with E-state index in [0.717, 1.165) is 0 Å². The third-order valence-corrected chi connectivity index (χ3v) is 4.80. The molecule has 0 aliphatic carbocycles. The van der Waals surface area contributed by atoms with E-state index >= 15 is 0 Å². The van der Waals surface area contributed by atoms with Crippen molar-refractivity contribution >= 4 is 17.4 Å². The summed E-state index contributed by atoms with van der Waals surface area (Å²) in [5.41, 5.74) is 2.38. The average molecular weight is 429 g/mol. The Morgan fingerprint density at radius 2 is 1.77 bits per heavy atom. The van der Waals surface area contributed by atoms with Crippen LogP contribution in [0, 0.1) is 13.8 Å². The van der Waals surface area contributed by atoms with Crippen LogP contribution in [0.1, 0.15) is 21.7 Å². The van der Waals surface area contributed by atoms with Gasteiger partial charge in [0.05, 0.1) is 18.4 Å². The van der Waals surface area contributed by atoms with Gasteiger partial charge in [-0.25, -0.2) is 0 Å². The quantitative estimate of drug-likeness (QED) is 0.451. The monoisotopic (exact) mass is 429 g/mol. The van der Waals surface area contributed by atoms with Crippen LogP contribution in [0.25, 0.3) is 11.1 Å². The number of aromatic nitrogens is 2. The third-order valence-electron chi connectivity index (χ3n) is 4.80. The maximum atomic E-state index is 12.9. The number of amides is 1. The Balaban J connectivity index is 1.92. The van der Waals surface area contributed by atoms with Crippen LogP contribution in [0.4, 0.5) is 14.5 Å². The van der Waals surface area contributed by atoms with Gasteiger partial charge in [0.15, 0.2) is 0 Å². The highest BCUT2D eigenvalue weighted by atomic mass is 19.3. The highest BCUT2D eigenvalue weighted by molar-refractivity contribution is 6.47. The zero-order valence-corrected chi connectivity index (χ0v) is 17.4. The number of halogens is 2. The summed E-state index contributed by atoms with van der Waals surface area (Å²) in [5, 5.41) is 6.67. The maximum absolute atomic E-state index is 12.9. The summed E-state index contributed by atoms with van der Waals surface area (Å²) in [5.74, 6) is -1.06. The molecule has 0 atom stereocenters. The summed E-state index contributed by atoms with van der Waals surface area (Å²) in [7, 11) is 3.19. The minimum Gasteiger partial charge on any atom is -0.497 e. The first kappa shape index (κ1) is 21.9. The summed E-state index contributed by atoms with van der Waals surface area (Å²) in [6.45, 7) is 0.320. The smallest absolute Gasteiger partial charge is 0.387 e. The van der Waals surface area contributed by atoms with Crippen molar-refractivity contribution in [3.05, 3.63) is 59.4 Å². The van der Waals surface area contributed by atoms with Crippen molar-refractivity contribution in [1.29, 1.82) is 0 Å². The molecular weight excluding hydrogens is 408 g/mol. The molecule has 0 bridgehead atoms. The number of anilines is 1. The molecule has 0 aliphatic rings. The Morgan fingerprint density at radius 1 is 1.10 bits per heavy atom. The van der Waals surface area contributed by atoms with Crippen molar-refractivity contribution in [3.8, 4) is 22.6 Å². The first-order valence-corrected chi connectivity index (χ1v) is 9.30. The van der Waals surface area contributed by atoms with Gasteiger partial charge in [-0.1, -0.05) is 12.1 Å². The number of alkyl halides is 2. The van der Waals surface area contributed by atoms with Gasteiger partial charge in [0.25, 0.3) is 11.7 Å². The molecule has 1 heterocycles. The van der Waals surface area contributed by atoms with E-state index in [1.807, 2.05) is 0 Å². The van der Waals surface area contributed by atoms with Crippen molar-refractivity contribution in [3.63, 3.8) is 0 Å². The van der Waals surface area contributed by atoms with E-state index in [1.54, 1.807) is 45.2 Å². The molecule has 0 saturated heterocycles. The molecule has 2 aromatic carbocycles. The fourth-order valence-electron chi connectivity index (χ4n) is 3.21. The van der Waals surface area contributed by atoms with Crippen LogP contribution in [-0.4, -0.2) is 35.2 Å². The first-order valence-electron chi connectivity index (χ1n) is 9.30. The predicted octanol–water partition coefficient (Wildman–Crippen LogP) is 4.14. The van der Waals surface area contributed by atoms with Crippen LogP contribution in [0.5, 0.6) is 11.5 Å². The second-order valence-electron chi connectivity index (χ2n) is 6.77. The fourth-order valence-corrected chi connectivity index (χ4v) is 3.21. The lowest BCUT2D eigenvalue weighted by Crippen LogP contribution is -2.24. The Hall–Kier alpha value is -3.75. The number of aryl methyl sites for hydroxylation is 2. The minimum absolute atomic E-state index is 0.0663. The topological polar surface area (TPSA) is 82.5 Å². The lowest BCUT2D eigenvalue weighted by Gasteiger charge is -2.14. The number of benzene rings is 2. The van der Waals surface area contributed by atoms with Crippen LogP contribution < -0.4 is 14.8 Å². The highest BCUT2D eigenvalue weighted by Gasteiger charge is 2.24.